The van der Waals surface area contributed by atoms with Crippen molar-refractivity contribution >= 4 is 17.8 Å². The van der Waals surface area contributed by atoms with Gasteiger partial charge in [-0.1, -0.05) is 19.0 Å². The molecule has 1 aliphatic heterocycles. The first-order valence-electron chi connectivity index (χ1n) is 9.62. The van der Waals surface area contributed by atoms with Crippen LogP contribution in [0.5, 0.6) is 0 Å². The van der Waals surface area contributed by atoms with Gasteiger partial charge in [-0.3, -0.25) is 14.4 Å². The van der Waals surface area contributed by atoms with Gasteiger partial charge in [0.15, 0.2) is 0 Å². The van der Waals surface area contributed by atoms with E-state index in [0.717, 1.165) is 18.5 Å². The number of amides is 2. The number of hydrogen-bond donors (Lipinski definition) is 1. The van der Waals surface area contributed by atoms with Gasteiger partial charge >= 0.3 is 5.97 Å². The lowest BCUT2D eigenvalue weighted by molar-refractivity contribution is -0.145. The zero-order valence-corrected chi connectivity index (χ0v) is 16.3. The molecule has 8 nitrogen and oxygen atoms in total. The molecule has 2 amide bonds. The summed E-state index contributed by atoms with van der Waals surface area (Å²) in [5.41, 5.74) is 0.806. The van der Waals surface area contributed by atoms with Crippen LogP contribution < -0.4 is 0 Å². The fourth-order valence-corrected chi connectivity index (χ4v) is 3.68. The fraction of sp³-hybridized carbons (Fsp3) is 0.684. The van der Waals surface area contributed by atoms with Crippen LogP contribution in [0.1, 0.15) is 75.0 Å². The summed E-state index contributed by atoms with van der Waals surface area (Å²) in [5.74, 6) is -0.966. The van der Waals surface area contributed by atoms with Crippen LogP contribution in [-0.4, -0.2) is 63.5 Å². The third kappa shape index (κ3) is 5.30. The molecule has 1 N–H and O–H groups in total. The number of carboxylic acid groups (broad SMARTS) is 1. The standard InChI is InChI=1S/C19H29N3O5/c1-4-14(5-2)16-11-17(27-20-16)19(26)21-9-6-7-15(8-10-21)22(13(3)23)12-18(24)25/h11,14-15H,4-10,12H2,1-3H3,(H,24,25). The van der Waals surface area contributed by atoms with Gasteiger partial charge < -0.3 is 19.4 Å². The van der Waals surface area contributed by atoms with Crippen molar-refractivity contribution in [2.24, 2.45) is 0 Å². The number of nitrogens with zero attached hydrogens (tertiary/aromatic N) is 3. The normalized spacial score (nSPS) is 17.6. The summed E-state index contributed by atoms with van der Waals surface area (Å²) in [5, 5.41) is 13.1. The number of likely N-dealkylation sites (tertiary alicyclic amines) is 1. The molecular weight excluding hydrogens is 350 g/mol. The smallest absolute Gasteiger partial charge is 0.323 e. The van der Waals surface area contributed by atoms with Gasteiger partial charge in [0.2, 0.25) is 11.7 Å². The Kier molecular flexibility index (Phi) is 7.38. The molecule has 1 unspecified atom stereocenters. The maximum absolute atomic E-state index is 12.8. The SMILES string of the molecule is CCC(CC)c1cc(C(=O)N2CCCC(N(CC(=O)O)C(C)=O)CC2)on1. The van der Waals surface area contributed by atoms with Crippen molar-refractivity contribution in [2.75, 3.05) is 19.6 Å². The van der Waals surface area contributed by atoms with E-state index in [1.807, 2.05) is 0 Å². The van der Waals surface area contributed by atoms with Crippen LogP contribution in [0, 0.1) is 0 Å². The van der Waals surface area contributed by atoms with E-state index in [1.54, 1.807) is 11.0 Å². The second kappa shape index (κ2) is 9.53. The number of aromatic nitrogens is 1. The van der Waals surface area contributed by atoms with Crippen LogP contribution in [0.3, 0.4) is 0 Å². The summed E-state index contributed by atoms with van der Waals surface area (Å²) in [6.45, 7) is 6.23. The van der Waals surface area contributed by atoms with Gasteiger partial charge in [0.1, 0.15) is 6.54 Å². The molecule has 1 aromatic rings. The van der Waals surface area contributed by atoms with Crippen molar-refractivity contribution in [2.45, 2.75) is 64.8 Å². The van der Waals surface area contributed by atoms with E-state index in [4.69, 9.17) is 9.63 Å². The highest BCUT2D eigenvalue weighted by atomic mass is 16.5. The van der Waals surface area contributed by atoms with Gasteiger partial charge in [-0.15, -0.1) is 0 Å². The molecule has 8 heteroatoms. The maximum Gasteiger partial charge on any atom is 0.323 e. The van der Waals surface area contributed by atoms with Gasteiger partial charge in [-0.05, 0) is 32.1 Å². The minimum absolute atomic E-state index is 0.175. The average Bonchev–Trinajstić information content (AvgIpc) is 2.98. The average molecular weight is 379 g/mol. The van der Waals surface area contributed by atoms with Crippen LogP contribution in [0.2, 0.25) is 0 Å². The Morgan fingerprint density at radius 1 is 1.30 bits per heavy atom. The van der Waals surface area contributed by atoms with Gasteiger partial charge in [-0.25, -0.2) is 0 Å². The molecule has 0 radical (unpaired) electrons. The predicted octanol–water partition coefficient (Wildman–Crippen LogP) is 2.51. The van der Waals surface area contributed by atoms with Gasteiger partial charge in [0, 0.05) is 38.0 Å². The molecule has 1 atom stereocenters. The van der Waals surface area contributed by atoms with Gasteiger partial charge in [-0.2, -0.15) is 0 Å². The van der Waals surface area contributed by atoms with E-state index < -0.39 is 5.97 Å². The number of rotatable bonds is 7. The maximum atomic E-state index is 12.8. The molecule has 1 aliphatic rings. The second-order valence-corrected chi connectivity index (χ2v) is 7.05. The Bertz CT molecular complexity index is 668. The number of hydrogen-bond acceptors (Lipinski definition) is 5. The van der Waals surface area contributed by atoms with Crippen LogP contribution in [0.15, 0.2) is 10.6 Å². The Labute approximate surface area is 159 Å². The lowest BCUT2D eigenvalue weighted by atomic mass is 9.99. The Morgan fingerprint density at radius 3 is 2.59 bits per heavy atom. The first-order chi connectivity index (χ1) is 12.9. The highest BCUT2D eigenvalue weighted by molar-refractivity contribution is 5.91. The van der Waals surface area contributed by atoms with Crippen molar-refractivity contribution in [1.29, 1.82) is 0 Å². The molecule has 2 rings (SSSR count). The van der Waals surface area contributed by atoms with E-state index >= 15 is 0 Å². The van der Waals surface area contributed by atoms with E-state index in [1.165, 1.54) is 11.8 Å². The largest absolute Gasteiger partial charge is 0.480 e. The molecule has 0 aromatic carbocycles. The zero-order valence-electron chi connectivity index (χ0n) is 16.3. The summed E-state index contributed by atoms with van der Waals surface area (Å²) in [6, 6.07) is 1.56. The molecule has 0 saturated carbocycles. The van der Waals surface area contributed by atoms with E-state index in [0.29, 0.717) is 32.4 Å². The topological polar surface area (TPSA) is 104 Å². The van der Waals surface area contributed by atoms with Crippen LogP contribution in [-0.2, 0) is 9.59 Å². The number of aliphatic carboxylic acids is 1. The fourth-order valence-electron chi connectivity index (χ4n) is 3.68. The molecule has 0 spiro atoms. The lowest BCUT2D eigenvalue weighted by Crippen LogP contribution is -2.43. The third-order valence-corrected chi connectivity index (χ3v) is 5.28. The van der Waals surface area contributed by atoms with Crippen molar-refractivity contribution in [1.82, 2.24) is 15.0 Å². The molecule has 2 heterocycles. The first-order valence-corrected chi connectivity index (χ1v) is 9.62. The molecule has 0 aliphatic carbocycles. The van der Waals surface area contributed by atoms with Gasteiger partial charge in [0.25, 0.3) is 5.91 Å². The minimum Gasteiger partial charge on any atom is -0.480 e. The Morgan fingerprint density at radius 2 is 2.00 bits per heavy atom. The summed E-state index contributed by atoms with van der Waals surface area (Å²) < 4.78 is 5.29. The van der Waals surface area contributed by atoms with Crippen molar-refractivity contribution in [3.05, 3.63) is 17.5 Å². The van der Waals surface area contributed by atoms with Crippen LogP contribution >= 0.6 is 0 Å². The molecule has 27 heavy (non-hydrogen) atoms. The first kappa shape index (κ1) is 20.9. The summed E-state index contributed by atoms with van der Waals surface area (Å²) in [4.78, 5) is 38.7. The summed E-state index contributed by atoms with van der Waals surface area (Å²) >= 11 is 0. The number of carbonyl (C=O) groups is 3. The highest BCUT2D eigenvalue weighted by Gasteiger charge is 2.29. The van der Waals surface area contributed by atoms with Crippen LogP contribution in [0.25, 0.3) is 0 Å². The Balaban J connectivity index is 2.03. The monoisotopic (exact) mass is 379 g/mol. The Hall–Kier alpha value is -2.38. The third-order valence-electron chi connectivity index (χ3n) is 5.28. The number of carbonyl (C=O) groups excluding carboxylic acids is 2. The molecule has 1 aromatic heterocycles. The van der Waals surface area contributed by atoms with Crippen molar-refractivity contribution in [3.63, 3.8) is 0 Å². The van der Waals surface area contributed by atoms with E-state index in [2.05, 4.69) is 19.0 Å². The molecule has 0 bridgehead atoms. The highest BCUT2D eigenvalue weighted by Crippen LogP contribution is 2.24. The molecule has 150 valence electrons. The summed E-state index contributed by atoms with van der Waals surface area (Å²) in [6.07, 6.45) is 3.80. The lowest BCUT2D eigenvalue weighted by Gasteiger charge is -2.28. The number of carboxylic acids is 1. The van der Waals surface area contributed by atoms with E-state index in [9.17, 15) is 14.4 Å². The molecule has 1 saturated heterocycles. The molecule has 1 fully saturated rings. The van der Waals surface area contributed by atoms with Crippen LogP contribution in [0.4, 0.5) is 0 Å². The van der Waals surface area contributed by atoms with Crippen molar-refractivity contribution < 1.29 is 24.0 Å². The predicted molar refractivity (Wildman–Crippen MR) is 98.4 cm³/mol. The second-order valence-electron chi connectivity index (χ2n) is 7.05. The van der Waals surface area contributed by atoms with Crippen molar-refractivity contribution in [3.8, 4) is 0 Å². The zero-order chi connectivity index (χ0) is 20.0. The van der Waals surface area contributed by atoms with E-state index in [-0.39, 0.29) is 36.1 Å². The minimum atomic E-state index is -1.03. The van der Waals surface area contributed by atoms with Gasteiger partial charge in [0.05, 0.1) is 5.69 Å². The molecular formula is C19H29N3O5. The quantitative estimate of drug-likeness (QED) is 0.781. The summed E-state index contributed by atoms with van der Waals surface area (Å²) in [7, 11) is 0.